The molecule has 98 valence electrons. The maximum Gasteiger partial charge on any atom is 0.313 e. The molecule has 2 fully saturated rings. The fraction of sp³-hybridized carbons (Fsp3) is 0.923. The Morgan fingerprint density at radius 3 is 2.76 bits per heavy atom. The molecule has 0 aromatic carbocycles. The lowest BCUT2D eigenvalue weighted by molar-refractivity contribution is -0.159. The standard InChI is InChI=1S/C13H23NO3/c1-10-6-11(10)7-14(2)8-13(12(15)16)4-3-5-17-9-13/h10-11H,3-9H2,1-2H3,(H,15,16). The number of carbonyl (C=O) groups is 1. The van der Waals surface area contributed by atoms with Gasteiger partial charge < -0.3 is 14.7 Å². The minimum absolute atomic E-state index is 0.368. The number of rotatable bonds is 5. The molecule has 1 saturated heterocycles. The topological polar surface area (TPSA) is 49.8 Å². The molecule has 3 unspecified atom stereocenters. The van der Waals surface area contributed by atoms with Crippen LogP contribution < -0.4 is 0 Å². The largest absolute Gasteiger partial charge is 0.481 e. The van der Waals surface area contributed by atoms with Crippen molar-refractivity contribution in [1.82, 2.24) is 4.90 Å². The normalized spacial score (nSPS) is 37.1. The van der Waals surface area contributed by atoms with E-state index in [-0.39, 0.29) is 0 Å². The van der Waals surface area contributed by atoms with Crippen molar-refractivity contribution in [3.05, 3.63) is 0 Å². The molecule has 1 aliphatic carbocycles. The molecular weight excluding hydrogens is 218 g/mol. The quantitative estimate of drug-likeness (QED) is 0.791. The lowest BCUT2D eigenvalue weighted by atomic mass is 9.82. The molecule has 1 saturated carbocycles. The Morgan fingerprint density at radius 2 is 2.29 bits per heavy atom. The summed E-state index contributed by atoms with van der Waals surface area (Å²) < 4.78 is 5.38. The highest BCUT2D eigenvalue weighted by atomic mass is 16.5. The molecular formula is C13H23NO3. The van der Waals surface area contributed by atoms with Crippen LogP contribution in [-0.4, -0.2) is 49.3 Å². The van der Waals surface area contributed by atoms with E-state index in [9.17, 15) is 9.90 Å². The van der Waals surface area contributed by atoms with Crippen LogP contribution in [0.25, 0.3) is 0 Å². The summed E-state index contributed by atoms with van der Waals surface area (Å²) in [5.41, 5.74) is -0.675. The molecule has 1 heterocycles. The molecule has 0 aromatic rings. The van der Waals surface area contributed by atoms with Crippen LogP contribution in [-0.2, 0) is 9.53 Å². The van der Waals surface area contributed by atoms with Gasteiger partial charge in [-0.3, -0.25) is 4.79 Å². The van der Waals surface area contributed by atoms with Gasteiger partial charge in [0.15, 0.2) is 0 Å². The lowest BCUT2D eigenvalue weighted by Crippen LogP contribution is -2.47. The van der Waals surface area contributed by atoms with Gasteiger partial charge in [0.2, 0.25) is 0 Å². The van der Waals surface area contributed by atoms with Crippen molar-refractivity contribution >= 4 is 5.97 Å². The zero-order valence-corrected chi connectivity index (χ0v) is 10.8. The van der Waals surface area contributed by atoms with E-state index in [1.807, 2.05) is 7.05 Å². The molecule has 4 heteroatoms. The minimum Gasteiger partial charge on any atom is -0.481 e. The van der Waals surface area contributed by atoms with Gasteiger partial charge in [0.1, 0.15) is 5.41 Å². The second-order valence-electron chi connectivity index (χ2n) is 5.91. The molecule has 4 nitrogen and oxygen atoms in total. The average Bonchev–Trinajstić information content (AvgIpc) is 2.95. The number of hydrogen-bond acceptors (Lipinski definition) is 3. The van der Waals surface area contributed by atoms with Gasteiger partial charge >= 0.3 is 5.97 Å². The summed E-state index contributed by atoms with van der Waals surface area (Å²) >= 11 is 0. The first-order valence-electron chi connectivity index (χ1n) is 6.53. The molecule has 0 amide bonds. The predicted octanol–water partition coefficient (Wildman–Crippen LogP) is 1.46. The maximum absolute atomic E-state index is 11.5. The number of carboxylic acids is 1. The number of hydrogen-bond donors (Lipinski definition) is 1. The SMILES string of the molecule is CC1CC1CN(C)CC1(C(=O)O)CCCOC1. The third kappa shape index (κ3) is 2.99. The number of carboxylic acid groups (broad SMARTS) is 1. The van der Waals surface area contributed by atoms with Crippen LogP contribution in [0.15, 0.2) is 0 Å². The van der Waals surface area contributed by atoms with Crippen LogP contribution in [0, 0.1) is 17.3 Å². The summed E-state index contributed by atoms with van der Waals surface area (Å²) in [5, 5.41) is 9.43. The minimum atomic E-state index is -0.701. The van der Waals surface area contributed by atoms with Gasteiger partial charge in [-0.1, -0.05) is 6.92 Å². The van der Waals surface area contributed by atoms with E-state index in [1.54, 1.807) is 0 Å². The second-order valence-corrected chi connectivity index (χ2v) is 5.91. The van der Waals surface area contributed by atoms with Crippen LogP contribution in [0.2, 0.25) is 0 Å². The molecule has 3 atom stereocenters. The summed E-state index contributed by atoms with van der Waals surface area (Å²) in [5.74, 6) is 0.893. The van der Waals surface area contributed by atoms with Crippen molar-refractivity contribution in [2.45, 2.75) is 26.2 Å². The maximum atomic E-state index is 11.5. The van der Waals surface area contributed by atoms with Gasteiger partial charge in [-0.25, -0.2) is 0 Å². The molecule has 1 aliphatic heterocycles. The van der Waals surface area contributed by atoms with E-state index in [0.717, 1.165) is 31.2 Å². The van der Waals surface area contributed by atoms with E-state index >= 15 is 0 Å². The molecule has 0 bridgehead atoms. The number of nitrogens with zero attached hydrogens (tertiary/aromatic N) is 1. The molecule has 17 heavy (non-hydrogen) atoms. The zero-order valence-electron chi connectivity index (χ0n) is 10.8. The summed E-state index contributed by atoms with van der Waals surface area (Å²) in [4.78, 5) is 13.6. The van der Waals surface area contributed by atoms with Gasteiger partial charge in [0.25, 0.3) is 0 Å². The Morgan fingerprint density at radius 1 is 1.59 bits per heavy atom. The van der Waals surface area contributed by atoms with Gasteiger partial charge in [-0.2, -0.15) is 0 Å². The fourth-order valence-electron chi connectivity index (χ4n) is 2.85. The molecule has 2 aliphatic rings. The Hall–Kier alpha value is -0.610. The van der Waals surface area contributed by atoms with Gasteiger partial charge in [-0.05, 0) is 38.1 Å². The van der Waals surface area contributed by atoms with E-state index in [1.165, 1.54) is 6.42 Å². The summed E-state index contributed by atoms with van der Waals surface area (Å²) in [6, 6.07) is 0. The van der Waals surface area contributed by atoms with Crippen LogP contribution >= 0.6 is 0 Å². The Labute approximate surface area is 103 Å². The first-order chi connectivity index (χ1) is 8.03. The fourth-order valence-corrected chi connectivity index (χ4v) is 2.85. The first kappa shape index (κ1) is 12.8. The van der Waals surface area contributed by atoms with Crippen LogP contribution in [0.5, 0.6) is 0 Å². The zero-order chi connectivity index (χ0) is 12.5. The molecule has 0 radical (unpaired) electrons. The highest BCUT2D eigenvalue weighted by Gasteiger charge is 2.42. The summed E-state index contributed by atoms with van der Waals surface area (Å²) in [6.45, 7) is 4.97. The molecule has 0 aromatic heterocycles. The van der Waals surface area contributed by atoms with E-state index < -0.39 is 11.4 Å². The second kappa shape index (κ2) is 4.94. The monoisotopic (exact) mass is 241 g/mol. The highest BCUT2D eigenvalue weighted by Crippen LogP contribution is 2.39. The van der Waals surface area contributed by atoms with Gasteiger partial charge in [0, 0.05) is 19.7 Å². The van der Waals surface area contributed by atoms with E-state index in [4.69, 9.17) is 4.74 Å². The lowest BCUT2D eigenvalue weighted by Gasteiger charge is -2.36. The summed E-state index contributed by atoms with van der Waals surface area (Å²) in [7, 11) is 2.03. The van der Waals surface area contributed by atoms with Crippen molar-refractivity contribution in [2.75, 3.05) is 33.4 Å². The van der Waals surface area contributed by atoms with Crippen molar-refractivity contribution < 1.29 is 14.6 Å². The number of aliphatic carboxylic acids is 1. The van der Waals surface area contributed by atoms with E-state index in [2.05, 4.69) is 11.8 Å². The van der Waals surface area contributed by atoms with E-state index in [0.29, 0.717) is 19.8 Å². The average molecular weight is 241 g/mol. The Kier molecular flexibility index (Phi) is 3.73. The van der Waals surface area contributed by atoms with Crippen LogP contribution in [0.3, 0.4) is 0 Å². The number of ether oxygens (including phenoxy) is 1. The molecule has 0 spiro atoms. The van der Waals surface area contributed by atoms with Crippen LogP contribution in [0.1, 0.15) is 26.2 Å². The highest BCUT2D eigenvalue weighted by molar-refractivity contribution is 5.75. The first-order valence-corrected chi connectivity index (χ1v) is 6.53. The van der Waals surface area contributed by atoms with Crippen LogP contribution in [0.4, 0.5) is 0 Å². The predicted molar refractivity (Wildman–Crippen MR) is 64.9 cm³/mol. The van der Waals surface area contributed by atoms with Crippen molar-refractivity contribution in [2.24, 2.45) is 17.3 Å². The van der Waals surface area contributed by atoms with Gasteiger partial charge in [-0.15, -0.1) is 0 Å². The van der Waals surface area contributed by atoms with Crippen molar-refractivity contribution in [1.29, 1.82) is 0 Å². The van der Waals surface area contributed by atoms with Gasteiger partial charge in [0.05, 0.1) is 6.61 Å². The summed E-state index contributed by atoms with van der Waals surface area (Å²) in [6.07, 6.45) is 2.90. The Bertz CT molecular complexity index is 286. The third-order valence-corrected chi connectivity index (χ3v) is 4.17. The molecule has 2 rings (SSSR count). The molecule has 1 N–H and O–H groups in total. The third-order valence-electron chi connectivity index (χ3n) is 4.17. The Balaban J connectivity index is 1.90. The smallest absolute Gasteiger partial charge is 0.313 e. The van der Waals surface area contributed by atoms with Crippen molar-refractivity contribution in [3.63, 3.8) is 0 Å². The van der Waals surface area contributed by atoms with Crippen molar-refractivity contribution in [3.8, 4) is 0 Å².